The Kier molecular flexibility index (Phi) is 6.17. The van der Waals surface area contributed by atoms with Crippen LogP contribution in [-0.4, -0.2) is 37.1 Å². The van der Waals surface area contributed by atoms with Gasteiger partial charge >= 0.3 is 0 Å². The van der Waals surface area contributed by atoms with Gasteiger partial charge in [-0.2, -0.15) is 10.2 Å². The fourth-order valence-electron chi connectivity index (χ4n) is 4.19. The van der Waals surface area contributed by atoms with Crippen molar-refractivity contribution in [1.82, 2.24) is 10.3 Å². The van der Waals surface area contributed by atoms with Crippen molar-refractivity contribution >= 4 is 22.6 Å². The summed E-state index contributed by atoms with van der Waals surface area (Å²) in [4.78, 5) is 18.8. The van der Waals surface area contributed by atoms with E-state index in [9.17, 15) is 10.1 Å². The Hall–Kier alpha value is -4.25. The maximum absolute atomic E-state index is 12.6. The molecule has 1 fully saturated rings. The monoisotopic (exact) mass is 456 g/mol. The molecule has 34 heavy (non-hydrogen) atoms. The molecule has 0 bridgehead atoms. The van der Waals surface area contributed by atoms with E-state index in [1.807, 2.05) is 41.3 Å². The highest BCUT2D eigenvalue weighted by atomic mass is 16.5. The average molecular weight is 457 g/mol. The maximum atomic E-state index is 12.6. The highest BCUT2D eigenvalue weighted by Gasteiger charge is 2.29. The molecule has 1 aliphatic heterocycles. The molecule has 8 nitrogen and oxygen atoms in total. The number of furan rings is 1. The van der Waals surface area contributed by atoms with Gasteiger partial charge in [-0.3, -0.25) is 4.79 Å². The number of carbonyl (C=O) groups excluding carboxylic acids is 1. The maximum Gasteiger partial charge on any atom is 0.266 e. The number of ether oxygens (including phenoxy) is 1. The quantitative estimate of drug-likeness (QED) is 0.412. The zero-order valence-corrected chi connectivity index (χ0v) is 18.6. The minimum Gasteiger partial charge on any atom is -0.492 e. The van der Waals surface area contributed by atoms with Crippen molar-refractivity contribution < 1.29 is 18.4 Å². The van der Waals surface area contributed by atoms with Gasteiger partial charge in [0.1, 0.15) is 18.4 Å². The lowest BCUT2D eigenvalue weighted by molar-refractivity contribution is -0.125. The van der Waals surface area contributed by atoms with Crippen molar-refractivity contribution in [2.45, 2.75) is 12.8 Å². The van der Waals surface area contributed by atoms with Gasteiger partial charge in [0.2, 0.25) is 17.5 Å². The molecule has 0 aliphatic carbocycles. The minimum absolute atomic E-state index is 0.0242. The first-order valence-corrected chi connectivity index (χ1v) is 11.3. The second-order valence-electron chi connectivity index (χ2n) is 8.17. The normalized spacial score (nSPS) is 14.1. The Morgan fingerprint density at radius 1 is 1.15 bits per heavy atom. The van der Waals surface area contributed by atoms with Crippen LogP contribution in [-0.2, 0) is 4.79 Å². The second-order valence-corrected chi connectivity index (χ2v) is 8.17. The molecular formula is C26H24N4O4. The van der Waals surface area contributed by atoms with E-state index in [1.54, 1.807) is 12.1 Å². The predicted molar refractivity (Wildman–Crippen MR) is 126 cm³/mol. The van der Waals surface area contributed by atoms with Crippen LogP contribution in [0, 0.1) is 17.2 Å². The third-order valence-electron chi connectivity index (χ3n) is 5.99. The average Bonchev–Trinajstić information content (AvgIpc) is 3.57. The molecule has 2 aromatic heterocycles. The van der Waals surface area contributed by atoms with Gasteiger partial charge in [0.15, 0.2) is 5.76 Å². The van der Waals surface area contributed by atoms with Crippen molar-refractivity contribution in [2.75, 3.05) is 31.1 Å². The summed E-state index contributed by atoms with van der Waals surface area (Å²) in [6.07, 6.45) is 2.86. The van der Waals surface area contributed by atoms with E-state index in [2.05, 4.69) is 22.4 Å². The van der Waals surface area contributed by atoms with Crippen LogP contribution >= 0.6 is 0 Å². The zero-order chi connectivity index (χ0) is 23.3. The number of aromatic nitrogens is 1. The number of anilines is 1. The number of nitrogens with zero attached hydrogens (tertiary/aromatic N) is 3. The largest absolute Gasteiger partial charge is 0.492 e. The molecule has 3 heterocycles. The van der Waals surface area contributed by atoms with Gasteiger partial charge in [0, 0.05) is 19.0 Å². The van der Waals surface area contributed by atoms with E-state index in [4.69, 9.17) is 13.6 Å². The number of rotatable bonds is 7. The number of fused-ring (bicyclic) bond motifs is 1. The molecule has 5 rings (SSSR count). The van der Waals surface area contributed by atoms with Crippen LogP contribution in [0.25, 0.3) is 22.4 Å². The second kappa shape index (κ2) is 9.71. The Balaban J connectivity index is 1.10. The van der Waals surface area contributed by atoms with Crippen molar-refractivity contribution in [1.29, 1.82) is 5.26 Å². The fraction of sp³-hybridized carbons (Fsp3) is 0.269. The van der Waals surface area contributed by atoms with E-state index in [1.165, 1.54) is 11.6 Å². The van der Waals surface area contributed by atoms with Crippen LogP contribution in [0.2, 0.25) is 0 Å². The van der Waals surface area contributed by atoms with E-state index in [0.717, 1.165) is 11.1 Å². The van der Waals surface area contributed by atoms with Gasteiger partial charge in [0.05, 0.1) is 12.8 Å². The van der Waals surface area contributed by atoms with Crippen molar-refractivity contribution in [2.24, 2.45) is 5.92 Å². The van der Waals surface area contributed by atoms with E-state index in [0.29, 0.717) is 50.7 Å². The number of carbonyl (C=O) groups is 1. The summed E-state index contributed by atoms with van der Waals surface area (Å²) in [5, 5.41) is 14.7. The molecule has 172 valence electrons. The Morgan fingerprint density at radius 3 is 2.74 bits per heavy atom. The molecular weight excluding hydrogens is 432 g/mol. The fourth-order valence-corrected chi connectivity index (χ4v) is 4.19. The Labute approximate surface area is 196 Å². The summed E-state index contributed by atoms with van der Waals surface area (Å²) < 4.78 is 16.9. The Morgan fingerprint density at radius 2 is 1.97 bits per heavy atom. The van der Waals surface area contributed by atoms with Crippen LogP contribution in [0.1, 0.15) is 18.5 Å². The summed E-state index contributed by atoms with van der Waals surface area (Å²) in [6.45, 7) is 2.06. The molecule has 0 unspecified atom stereocenters. The van der Waals surface area contributed by atoms with Crippen LogP contribution in [0.3, 0.4) is 0 Å². The summed E-state index contributed by atoms with van der Waals surface area (Å²) in [5.74, 6) is 1.91. The highest BCUT2D eigenvalue weighted by molar-refractivity contribution is 5.83. The number of amides is 1. The number of piperidine rings is 1. The van der Waals surface area contributed by atoms with Crippen LogP contribution in [0.4, 0.5) is 5.88 Å². The molecule has 8 heteroatoms. The Bertz CT molecular complexity index is 1310. The number of nitriles is 1. The molecule has 0 radical (unpaired) electrons. The SMILES string of the molecule is N#Cc1nc(-c2ccco2)oc1N1CCC(C(=O)NCCOc2ccc3ccccc3c2)CC1. The van der Waals surface area contributed by atoms with Gasteiger partial charge in [-0.25, -0.2) is 0 Å². The first-order chi connectivity index (χ1) is 16.7. The minimum atomic E-state index is -0.0880. The van der Waals surface area contributed by atoms with Crippen molar-refractivity contribution in [3.63, 3.8) is 0 Å². The predicted octanol–water partition coefficient (Wildman–Crippen LogP) is 4.37. The first kappa shape index (κ1) is 21.6. The molecule has 1 saturated heterocycles. The molecule has 4 aromatic rings. The molecule has 1 amide bonds. The number of hydrogen-bond donors (Lipinski definition) is 1. The summed E-state index contributed by atoms with van der Waals surface area (Å²) in [6, 6.07) is 19.6. The molecule has 0 saturated carbocycles. The molecule has 0 spiro atoms. The third-order valence-corrected chi connectivity index (χ3v) is 5.99. The molecule has 1 N–H and O–H groups in total. The number of benzene rings is 2. The van der Waals surface area contributed by atoms with Gasteiger partial charge in [-0.05, 0) is 47.9 Å². The van der Waals surface area contributed by atoms with Crippen molar-refractivity contribution in [3.05, 3.63) is 66.6 Å². The van der Waals surface area contributed by atoms with E-state index < -0.39 is 0 Å². The smallest absolute Gasteiger partial charge is 0.266 e. The lowest BCUT2D eigenvalue weighted by Crippen LogP contribution is -2.41. The highest BCUT2D eigenvalue weighted by Crippen LogP contribution is 2.31. The number of nitrogens with one attached hydrogen (secondary N) is 1. The van der Waals surface area contributed by atoms with Crippen LogP contribution in [0.5, 0.6) is 5.75 Å². The van der Waals surface area contributed by atoms with Gasteiger partial charge in [-0.15, -0.1) is 0 Å². The van der Waals surface area contributed by atoms with E-state index in [-0.39, 0.29) is 23.4 Å². The van der Waals surface area contributed by atoms with E-state index >= 15 is 0 Å². The standard InChI is InChI=1S/C26H24N4O4/c27-17-22-26(34-25(29-22)23-6-3-14-33-23)30-12-9-19(10-13-30)24(31)28-11-15-32-21-8-7-18-4-1-2-5-20(18)16-21/h1-8,14,16,19H,9-13,15H2,(H,28,31). The van der Waals surface area contributed by atoms with Gasteiger partial charge < -0.3 is 23.8 Å². The molecule has 1 aliphatic rings. The first-order valence-electron chi connectivity index (χ1n) is 11.3. The molecule has 2 aromatic carbocycles. The van der Waals surface area contributed by atoms with Crippen LogP contribution < -0.4 is 15.0 Å². The van der Waals surface area contributed by atoms with Gasteiger partial charge in [0.25, 0.3) is 5.89 Å². The van der Waals surface area contributed by atoms with Crippen LogP contribution in [0.15, 0.2) is 69.7 Å². The zero-order valence-electron chi connectivity index (χ0n) is 18.6. The summed E-state index contributed by atoms with van der Waals surface area (Å²) >= 11 is 0. The summed E-state index contributed by atoms with van der Waals surface area (Å²) in [5.41, 5.74) is 0.222. The lowest BCUT2D eigenvalue weighted by Gasteiger charge is -2.30. The summed E-state index contributed by atoms with van der Waals surface area (Å²) in [7, 11) is 0. The van der Waals surface area contributed by atoms with Gasteiger partial charge in [-0.1, -0.05) is 30.3 Å². The molecule has 0 atom stereocenters. The number of oxazole rings is 1. The van der Waals surface area contributed by atoms with Crippen molar-refractivity contribution in [3.8, 4) is 23.5 Å². The number of hydrogen-bond acceptors (Lipinski definition) is 7. The third kappa shape index (κ3) is 4.59. The lowest BCUT2D eigenvalue weighted by atomic mass is 9.96. The topological polar surface area (TPSA) is 105 Å².